The molecule has 3 atom stereocenters. The number of carbonyl (C=O) groups is 1. The van der Waals surface area contributed by atoms with Gasteiger partial charge in [-0.2, -0.15) is 4.98 Å². The van der Waals surface area contributed by atoms with Gasteiger partial charge in [-0.25, -0.2) is 4.79 Å². The summed E-state index contributed by atoms with van der Waals surface area (Å²) in [6.07, 6.45) is -0.580. The molecule has 0 bridgehead atoms. The summed E-state index contributed by atoms with van der Waals surface area (Å²) in [4.78, 5) is 39.1. The zero-order valence-electron chi connectivity index (χ0n) is 22.4. The molecule has 0 aliphatic carbocycles. The van der Waals surface area contributed by atoms with Crippen LogP contribution in [0.2, 0.25) is 22.2 Å². The van der Waals surface area contributed by atoms with E-state index >= 15 is 0 Å². The first-order chi connectivity index (χ1) is 16.1. The summed E-state index contributed by atoms with van der Waals surface area (Å²) < 4.78 is 20.5. The summed E-state index contributed by atoms with van der Waals surface area (Å²) >= 11 is 0. The molecule has 0 saturated carbocycles. The minimum atomic E-state index is -3.08. The van der Waals surface area contributed by atoms with E-state index in [0.29, 0.717) is 0 Å². The Morgan fingerprint density at radius 2 is 1.74 bits per heavy atom. The lowest BCUT2D eigenvalue weighted by molar-refractivity contribution is -0.114. The molecule has 200 valence electrons. The highest BCUT2D eigenvalue weighted by Gasteiger charge is 2.55. The summed E-state index contributed by atoms with van der Waals surface area (Å²) in [6, 6.07) is 1.48. The van der Waals surface area contributed by atoms with Crippen LogP contribution in [0.25, 0.3) is 0 Å². The fourth-order valence-electron chi connectivity index (χ4n) is 4.59. The molecule has 12 heteroatoms. The van der Waals surface area contributed by atoms with Crippen molar-refractivity contribution in [3.05, 3.63) is 22.7 Å². The topological polar surface area (TPSA) is 132 Å². The predicted octanol–water partition coefficient (Wildman–Crippen LogP) is 3.40. The van der Waals surface area contributed by atoms with Crippen molar-refractivity contribution in [2.45, 2.75) is 109 Å². The van der Waals surface area contributed by atoms with Gasteiger partial charge in [0.2, 0.25) is 5.91 Å². The molecule has 1 fully saturated rings. The quantitative estimate of drug-likeness (QED) is 0.372. The zero-order chi connectivity index (χ0) is 26.7. The molecule has 0 aromatic carbocycles. The highest BCUT2D eigenvalue weighted by molar-refractivity contribution is 6.83. The van der Waals surface area contributed by atoms with E-state index < -0.39 is 41.2 Å². The molecule has 1 aliphatic heterocycles. The third-order valence-corrected chi connectivity index (χ3v) is 16.4. The number of anilines is 1. The molecule has 35 heavy (non-hydrogen) atoms. The standard InChI is InChI=1S/C23H43N3O7Si2/c1-14(2)34(30,15(3)4)33-35(16(5)6,17(7)8)31-13-19-12-20(28)22(32-19)26-11-10-21(24-18(9)27)25-23(26)29/h10-11,14-17,19-20,22,28,30H,12-13H2,1-9H3,(H,24,25,27,29)/t19-,20+,22+/m0/s1. The van der Waals surface area contributed by atoms with E-state index in [-0.39, 0.29) is 46.9 Å². The summed E-state index contributed by atoms with van der Waals surface area (Å²) in [7, 11) is -5.99. The molecule has 3 N–H and O–H groups in total. The van der Waals surface area contributed by atoms with Gasteiger partial charge in [-0.15, -0.1) is 0 Å². The van der Waals surface area contributed by atoms with Crippen molar-refractivity contribution in [1.82, 2.24) is 9.55 Å². The molecule has 1 amide bonds. The van der Waals surface area contributed by atoms with Gasteiger partial charge in [0.05, 0.1) is 12.7 Å². The first-order valence-corrected chi connectivity index (χ1v) is 16.4. The van der Waals surface area contributed by atoms with Crippen molar-refractivity contribution >= 4 is 28.8 Å². The Hall–Kier alpha value is -1.42. The van der Waals surface area contributed by atoms with E-state index in [0.717, 1.165) is 0 Å². The van der Waals surface area contributed by atoms with E-state index in [4.69, 9.17) is 13.3 Å². The fourth-order valence-corrected chi connectivity index (χ4v) is 14.4. The molecular formula is C23H43N3O7Si2. The van der Waals surface area contributed by atoms with Gasteiger partial charge in [0.15, 0.2) is 6.23 Å². The van der Waals surface area contributed by atoms with Gasteiger partial charge in [-0.05, 0) is 28.2 Å². The van der Waals surface area contributed by atoms with Gasteiger partial charge in [-0.3, -0.25) is 9.36 Å². The lowest BCUT2D eigenvalue weighted by atomic mass is 10.2. The Balaban J connectivity index is 2.21. The Labute approximate surface area is 210 Å². The first kappa shape index (κ1) is 29.8. The minimum Gasteiger partial charge on any atom is -0.414 e. The van der Waals surface area contributed by atoms with Crippen molar-refractivity contribution < 1.29 is 28.0 Å². The highest BCUT2D eigenvalue weighted by Crippen LogP contribution is 2.42. The maximum atomic E-state index is 12.5. The second kappa shape index (κ2) is 11.8. The molecule has 1 aromatic heterocycles. The lowest BCUT2D eigenvalue weighted by Crippen LogP contribution is -2.60. The number of rotatable bonds is 11. The van der Waals surface area contributed by atoms with Gasteiger partial charge in [0.1, 0.15) is 11.9 Å². The van der Waals surface area contributed by atoms with E-state index in [1.165, 1.54) is 23.8 Å². The summed E-state index contributed by atoms with van der Waals surface area (Å²) in [5, 5.41) is 13.1. The van der Waals surface area contributed by atoms with Crippen LogP contribution in [0.4, 0.5) is 5.82 Å². The van der Waals surface area contributed by atoms with Crippen molar-refractivity contribution in [2.75, 3.05) is 11.9 Å². The van der Waals surface area contributed by atoms with Gasteiger partial charge in [0.25, 0.3) is 0 Å². The highest BCUT2D eigenvalue weighted by atomic mass is 28.5. The molecule has 2 rings (SSSR count). The Kier molecular flexibility index (Phi) is 10.0. The van der Waals surface area contributed by atoms with Crippen LogP contribution in [0.5, 0.6) is 0 Å². The number of hydrogen-bond donors (Lipinski definition) is 3. The van der Waals surface area contributed by atoms with Crippen LogP contribution >= 0.6 is 0 Å². The number of nitrogens with zero attached hydrogens (tertiary/aromatic N) is 2. The van der Waals surface area contributed by atoms with E-state index in [1.54, 1.807) is 0 Å². The molecule has 0 unspecified atom stereocenters. The summed E-state index contributed by atoms with van der Waals surface area (Å²) in [5.74, 6) is -0.195. The SMILES string of the molecule is CC(=O)Nc1ccn([C@@H]2O[C@H](CO[Si](O[Si](O)(C(C)C)C(C)C)(C(C)C)C(C)C)C[C@H]2O)c(=O)n1. The summed E-state index contributed by atoms with van der Waals surface area (Å²) in [5.41, 5.74) is -0.472. The predicted molar refractivity (Wildman–Crippen MR) is 138 cm³/mol. The van der Waals surface area contributed by atoms with Crippen molar-refractivity contribution in [1.29, 1.82) is 0 Å². The molecule has 2 heterocycles. The minimum absolute atomic E-state index is 0.00393. The van der Waals surface area contributed by atoms with Gasteiger partial charge in [-0.1, -0.05) is 55.4 Å². The van der Waals surface area contributed by atoms with Crippen molar-refractivity contribution in [3.8, 4) is 0 Å². The molecule has 10 nitrogen and oxygen atoms in total. The van der Waals surface area contributed by atoms with Crippen LogP contribution in [0.1, 0.15) is 75.0 Å². The van der Waals surface area contributed by atoms with E-state index in [1.807, 2.05) is 27.7 Å². The average molecular weight is 530 g/mol. The third kappa shape index (κ3) is 6.67. The first-order valence-electron chi connectivity index (χ1n) is 12.4. The number of aliphatic hydroxyl groups is 1. The smallest absolute Gasteiger partial charge is 0.351 e. The Bertz CT molecular complexity index is 907. The molecule has 1 aromatic rings. The van der Waals surface area contributed by atoms with Gasteiger partial charge in [0, 0.05) is 19.5 Å². The van der Waals surface area contributed by atoms with Crippen molar-refractivity contribution in [3.63, 3.8) is 0 Å². The van der Waals surface area contributed by atoms with Crippen LogP contribution < -0.4 is 11.0 Å². The van der Waals surface area contributed by atoms with Gasteiger partial charge < -0.3 is 28.5 Å². The summed E-state index contributed by atoms with van der Waals surface area (Å²) in [6.45, 7) is 17.8. The van der Waals surface area contributed by atoms with Crippen LogP contribution in [-0.4, -0.2) is 61.3 Å². The largest absolute Gasteiger partial charge is 0.414 e. The maximum absolute atomic E-state index is 12.5. The maximum Gasteiger partial charge on any atom is 0.351 e. The number of hydrogen-bond acceptors (Lipinski definition) is 8. The normalized spacial score (nSPS) is 21.5. The molecule has 0 spiro atoms. The number of aromatic nitrogens is 2. The van der Waals surface area contributed by atoms with E-state index in [2.05, 4.69) is 38.0 Å². The van der Waals surface area contributed by atoms with E-state index in [9.17, 15) is 19.5 Å². The number of nitrogens with one attached hydrogen (secondary N) is 1. The molecular weight excluding hydrogens is 486 g/mol. The monoisotopic (exact) mass is 529 g/mol. The number of aliphatic hydroxyl groups excluding tert-OH is 1. The third-order valence-electron chi connectivity index (χ3n) is 6.66. The molecule has 1 saturated heterocycles. The Morgan fingerprint density at radius 3 is 2.20 bits per heavy atom. The average Bonchev–Trinajstić information content (AvgIpc) is 3.10. The van der Waals surface area contributed by atoms with Crippen molar-refractivity contribution in [2.24, 2.45) is 0 Å². The zero-order valence-corrected chi connectivity index (χ0v) is 24.4. The Morgan fingerprint density at radius 1 is 1.17 bits per heavy atom. The van der Waals surface area contributed by atoms with Crippen LogP contribution in [0, 0.1) is 0 Å². The fraction of sp³-hybridized carbons (Fsp3) is 0.783. The number of amides is 1. The number of carbonyl (C=O) groups excluding carboxylic acids is 1. The van der Waals surface area contributed by atoms with Crippen LogP contribution in [0.15, 0.2) is 17.1 Å². The van der Waals surface area contributed by atoms with Crippen LogP contribution in [-0.2, 0) is 18.1 Å². The van der Waals surface area contributed by atoms with Crippen LogP contribution in [0.3, 0.4) is 0 Å². The molecule has 1 aliphatic rings. The number of ether oxygens (including phenoxy) is 1. The second-order valence-corrected chi connectivity index (χ2v) is 19.3. The van der Waals surface area contributed by atoms with Gasteiger partial charge >= 0.3 is 22.8 Å². The molecule has 0 radical (unpaired) electrons. The lowest BCUT2D eigenvalue weighted by Gasteiger charge is -2.46. The second-order valence-electron chi connectivity index (χ2n) is 10.6.